The first-order chi connectivity index (χ1) is 8.30. The van der Waals surface area contributed by atoms with Crippen LogP contribution in [-0.4, -0.2) is 21.5 Å². The van der Waals surface area contributed by atoms with Gasteiger partial charge in [-0.15, -0.1) is 0 Å². The number of nitro groups is 1. The van der Waals surface area contributed by atoms with E-state index in [1.807, 2.05) is 0 Å². The van der Waals surface area contributed by atoms with E-state index in [4.69, 9.17) is 16.7 Å². The van der Waals surface area contributed by atoms with Crippen molar-refractivity contribution in [1.29, 1.82) is 0 Å². The van der Waals surface area contributed by atoms with E-state index in [-0.39, 0.29) is 17.8 Å². The molecular formula is C11H13ClN2O4. The number of nitrogens with one attached hydrogen (secondary N) is 1. The minimum absolute atomic E-state index is 0.0965. The van der Waals surface area contributed by atoms with Gasteiger partial charge in [-0.1, -0.05) is 18.5 Å². The lowest BCUT2D eigenvalue weighted by molar-refractivity contribution is -0.384. The molecule has 98 valence electrons. The molecule has 18 heavy (non-hydrogen) atoms. The highest BCUT2D eigenvalue weighted by atomic mass is 35.5. The molecule has 0 fully saturated rings. The summed E-state index contributed by atoms with van der Waals surface area (Å²) in [5, 5.41) is 22.9. The van der Waals surface area contributed by atoms with Gasteiger partial charge in [-0.3, -0.25) is 10.1 Å². The van der Waals surface area contributed by atoms with Gasteiger partial charge in [0.1, 0.15) is 11.2 Å². The summed E-state index contributed by atoms with van der Waals surface area (Å²) in [7, 11) is 0. The zero-order valence-corrected chi connectivity index (χ0v) is 10.7. The van der Waals surface area contributed by atoms with Crippen molar-refractivity contribution in [2.45, 2.75) is 25.8 Å². The molecule has 0 radical (unpaired) electrons. The first-order valence-corrected chi connectivity index (χ1v) is 5.63. The Balaban J connectivity index is 3.20. The molecule has 1 aromatic rings. The van der Waals surface area contributed by atoms with Gasteiger partial charge in [-0.2, -0.15) is 0 Å². The quantitative estimate of drug-likeness (QED) is 0.635. The third-order valence-electron chi connectivity index (χ3n) is 2.74. The summed E-state index contributed by atoms with van der Waals surface area (Å²) in [6.45, 7) is 3.14. The van der Waals surface area contributed by atoms with Crippen LogP contribution >= 0.6 is 11.6 Å². The highest BCUT2D eigenvalue weighted by molar-refractivity contribution is 6.31. The lowest BCUT2D eigenvalue weighted by atomic mass is 9.98. The number of hydrogen-bond donors (Lipinski definition) is 2. The maximum atomic E-state index is 11.2. The average Bonchev–Trinajstić information content (AvgIpc) is 2.28. The van der Waals surface area contributed by atoms with Crippen LogP contribution < -0.4 is 5.32 Å². The summed E-state index contributed by atoms with van der Waals surface area (Å²) in [4.78, 5) is 21.4. The van der Waals surface area contributed by atoms with Gasteiger partial charge < -0.3 is 10.4 Å². The number of anilines is 1. The number of carboxylic acids is 1. The summed E-state index contributed by atoms with van der Waals surface area (Å²) in [5.74, 6) is -1.08. The van der Waals surface area contributed by atoms with Crippen molar-refractivity contribution in [3.05, 3.63) is 33.3 Å². The molecule has 0 heterocycles. The fourth-order valence-corrected chi connectivity index (χ4v) is 1.53. The van der Waals surface area contributed by atoms with Crippen molar-refractivity contribution in [3.8, 4) is 0 Å². The van der Waals surface area contributed by atoms with Gasteiger partial charge in [0.15, 0.2) is 0 Å². The molecule has 1 rings (SSSR count). The Morgan fingerprint density at radius 3 is 2.67 bits per heavy atom. The van der Waals surface area contributed by atoms with E-state index in [2.05, 4.69) is 5.32 Å². The van der Waals surface area contributed by atoms with Crippen LogP contribution in [0, 0.1) is 10.1 Å². The second-order valence-corrected chi connectivity index (χ2v) is 4.47. The van der Waals surface area contributed by atoms with Gasteiger partial charge in [0, 0.05) is 11.1 Å². The first-order valence-electron chi connectivity index (χ1n) is 5.25. The molecule has 0 aliphatic heterocycles. The monoisotopic (exact) mass is 272 g/mol. The van der Waals surface area contributed by atoms with Crippen LogP contribution in [-0.2, 0) is 4.79 Å². The van der Waals surface area contributed by atoms with Crippen molar-refractivity contribution in [2.24, 2.45) is 0 Å². The SMILES string of the molecule is CCC(C)(Nc1cc(Cl)ccc1[N+](=O)[O-])C(=O)O. The molecule has 1 aromatic carbocycles. The number of aliphatic carboxylic acids is 1. The zero-order valence-electron chi connectivity index (χ0n) is 9.94. The fraction of sp³-hybridized carbons (Fsp3) is 0.364. The van der Waals surface area contributed by atoms with Gasteiger partial charge in [0.05, 0.1) is 4.92 Å². The van der Waals surface area contributed by atoms with Crippen molar-refractivity contribution in [1.82, 2.24) is 0 Å². The number of hydrogen-bond acceptors (Lipinski definition) is 4. The van der Waals surface area contributed by atoms with E-state index in [0.29, 0.717) is 5.02 Å². The third kappa shape index (κ3) is 2.89. The summed E-state index contributed by atoms with van der Waals surface area (Å²) < 4.78 is 0. The van der Waals surface area contributed by atoms with Gasteiger partial charge in [0.2, 0.25) is 0 Å². The Morgan fingerprint density at radius 2 is 2.22 bits per heavy atom. The van der Waals surface area contributed by atoms with Gasteiger partial charge in [-0.25, -0.2) is 4.79 Å². The standard InChI is InChI=1S/C11H13ClN2O4/c1-3-11(2,10(15)16)13-8-6-7(12)4-5-9(8)14(17)18/h4-6,13H,3H2,1-2H3,(H,15,16). The predicted octanol–water partition coefficient (Wildman–Crippen LogP) is 2.91. The number of benzene rings is 1. The Morgan fingerprint density at radius 1 is 1.61 bits per heavy atom. The number of nitrogens with zero attached hydrogens (tertiary/aromatic N) is 1. The normalized spacial score (nSPS) is 13.7. The molecule has 2 N–H and O–H groups in total. The van der Waals surface area contributed by atoms with Crippen LogP contribution in [0.15, 0.2) is 18.2 Å². The topological polar surface area (TPSA) is 92.5 Å². The van der Waals surface area contributed by atoms with Crippen molar-refractivity contribution in [2.75, 3.05) is 5.32 Å². The number of rotatable bonds is 5. The van der Waals surface area contributed by atoms with Crippen LogP contribution in [0.2, 0.25) is 5.02 Å². The molecule has 6 nitrogen and oxygen atoms in total. The van der Waals surface area contributed by atoms with E-state index in [0.717, 1.165) is 0 Å². The minimum Gasteiger partial charge on any atom is -0.480 e. The molecule has 0 spiro atoms. The molecule has 0 aromatic heterocycles. The first kappa shape index (κ1) is 14.2. The largest absolute Gasteiger partial charge is 0.480 e. The molecule has 0 aliphatic carbocycles. The van der Waals surface area contributed by atoms with Gasteiger partial charge in [-0.05, 0) is 25.5 Å². The van der Waals surface area contributed by atoms with E-state index in [1.165, 1.54) is 25.1 Å². The van der Waals surface area contributed by atoms with Gasteiger partial charge in [0.25, 0.3) is 5.69 Å². The van der Waals surface area contributed by atoms with Gasteiger partial charge >= 0.3 is 5.97 Å². The number of carboxylic acid groups (broad SMARTS) is 1. The van der Waals surface area contributed by atoms with E-state index in [1.54, 1.807) is 6.92 Å². The summed E-state index contributed by atoms with van der Waals surface area (Å²) in [5.41, 5.74) is -1.39. The third-order valence-corrected chi connectivity index (χ3v) is 2.98. The van der Waals surface area contributed by atoms with Crippen molar-refractivity contribution < 1.29 is 14.8 Å². The molecule has 0 aliphatic rings. The smallest absolute Gasteiger partial charge is 0.329 e. The summed E-state index contributed by atoms with van der Waals surface area (Å²) in [6.07, 6.45) is 0.270. The van der Waals surface area contributed by atoms with Crippen molar-refractivity contribution in [3.63, 3.8) is 0 Å². The molecule has 7 heteroatoms. The lowest BCUT2D eigenvalue weighted by Crippen LogP contribution is -2.42. The van der Waals surface area contributed by atoms with E-state index >= 15 is 0 Å². The molecule has 0 bridgehead atoms. The Hall–Kier alpha value is -1.82. The van der Waals surface area contributed by atoms with Crippen LogP contribution in [0.5, 0.6) is 0 Å². The number of carbonyl (C=O) groups is 1. The van der Waals surface area contributed by atoms with Crippen LogP contribution in [0.25, 0.3) is 0 Å². The second kappa shape index (κ2) is 5.22. The predicted molar refractivity (Wildman–Crippen MR) is 68.1 cm³/mol. The maximum Gasteiger partial charge on any atom is 0.329 e. The molecule has 0 saturated heterocycles. The summed E-state index contributed by atoms with van der Waals surface area (Å²) in [6, 6.07) is 3.97. The van der Waals surface area contributed by atoms with Crippen LogP contribution in [0.1, 0.15) is 20.3 Å². The van der Waals surface area contributed by atoms with E-state index < -0.39 is 16.4 Å². The lowest BCUT2D eigenvalue weighted by Gasteiger charge is -2.25. The fourth-order valence-electron chi connectivity index (χ4n) is 1.36. The molecule has 0 amide bonds. The molecule has 1 atom stereocenters. The number of nitro benzene ring substituents is 1. The second-order valence-electron chi connectivity index (χ2n) is 4.03. The number of halogens is 1. The van der Waals surface area contributed by atoms with Crippen LogP contribution in [0.4, 0.5) is 11.4 Å². The highest BCUT2D eigenvalue weighted by Crippen LogP contribution is 2.31. The Bertz CT molecular complexity index is 492. The molecule has 0 saturated carbocycles. The Labute approximate surface area is 109 Å². The molecular weight excluding hydrogens is 260 g/mol. The molecule has 1 unspecified atom stereocenters. The zero-order chi connectivity index (χ0) is 13.9. The maximum absolute atomic E-state index is 11.2. The van der Waals surface area contributed by atoms with Crippen molar-refractivity contribution >= 4 is 28.9 Å². The minimum atomic E-state index is -1.28. The average molecular weight is 273 g/mol. The highest BCUT2D eigenvalue weighted by Gasteiger charge is 2.33. The Kier molecular flexibility index (Phi) is 4.13. The van der Waals surface area contributed by atoms with E-state index in [9.17, 15) is 14.9 Å². The summed E-state index contributed by atoms with van der Waals surface area (Å²) >= 11 is 5.76. The van der Waals surface area contributed by atoms with Crippen LogP contribution in [0.3, 0.4) is 0 Å².